The second-order valence-electron chi connectivity index (χ2n) is 7.81. The minimum Gasteiger partial charge on any atom is -0.494 e. The van der Waals surface area contributed by atoms with Crippen LogP contribution < -0.4 is 20.1 Å². The first-order valence-corrected chi connectivity index (χ1v) is 8.91. The van der Waals surface area contributed by atoms with E-state index in [9.17, 15) is 4.79 Å². The van der Waals surface area contributed by atoms with Crippen LogP contribution in [0, 0.1) is 17.8 Å². The Morgan fingerprint density at radius 1 is 1.00 bits per heavy atom. The molecule has 1 aromatic carbocycles. The van der Waals surface area contributed by atoms with E-state index >= 15 is 0 Å². The Morgan fingerprint density at radius 3 is 1.96 bits per heavy atom. The standard InChI is InChI=1S/C19H26N2O3/c1-23-15-4-3-5-16(24-2)17(15)20-18(22)21-19-9-12-6-13(10-19)8-14(7-12)11-19/h3-5,12-14H,6-11H2,1-2H3,(H2,20,21,22). The summed E-state index contributed by atoms with van der Waals surface area (Å²) < 4.78 is 10.7. The zero-order chi connectivity index (χ0) is 16.7. The molecule has 0 unspecified atom stereocenters. The third-order valence-electron chi connectivity index (χ3n) is 6.08. The lowest BCUT2D eigenvalue weighted by Crippen LogP contribution is -2.60. The van der Waals surface area contributed by atoms with Crippen LogP contribution in [-0.4, -0.2) is 25.8 Å². The summed E-state index contributed by atoms with van der Waals surface area (Å²) in [4.78, 5) is 12.7. The van der Waals surface area contributed by atoms with Gasteiger partial charge in [0.15, 0.2) is 0 Å². The van der Waals surface area contributed by atoms with Crippen molar-refractivity contribution in [3.63, 3.8) is 0 Å². The topological polar surface area (TPSA) is 59.6 Å². The van der Waals surface area contributed by atoms with Crippen LogP contribution in [0.25, 0.3) is 0 Å². The number of benzene rings is 1. The molecule has 4 aliphatic rings. The molecule has 5 rings (SSSR count). The summed E-state index contributed by atoms with van der Waals surface area (Å²) in [6.07, 6.45) is 7.50. The summed E-state index contributed by atoms with van der Waals surface area (Å²) in [5.74, 6) is 3.62. The Balaban J connectivity index is 1.50. The molecule has 2 N–H and O–H groups in total. The van der Waals surface area contributed by atoms with Gasteiger partial charge in [0.25, 0.3) is 0 Å². The number of para-hydroxylation sites is 1. The van der Waals surface area contributed by atoms with Crippen LogP contribution in [0.1, 0.15) is 38.5 Å². The molecule has 0 aliphatic heterocycles. The van der Waals surface area contributed by atoms with Gasteiger partial charge in [0.1, 0.15) is 17.2 Å². The van der Waals surface area contributed by atoms with Crippen LogP contribution >= 0.6 is 0 Å². The Hall–Kier alpha value is -1.91. The third-order valence-corrected chi connectivity index (χ3v) is 6.08. The number of ether oxygens (including phenoxy) is 2. The summed E-state index contributed by atoms with van der Waals surface area (Å²) in [5.41, 5.74) is 0.582. The molecule has 0 spiro atoms. The van der Waals surface area contributed by atoms with Gasteiger partial charge in [-0.3, -0.25) is 0 Å². The van der Waals surface area contributed by atoms with Gasteiger partial charge in [-0.15, -0.1) is 0 Å². The monoisotopic (exact) mass is 330 g/mol. The highest BCUT2D eigenvalue weighted by Crippen LogP contribution is 2.55. The first kappa shape index (κ1) is 15.6. The number of methoxy groups -OCH3 is 2. The fourth-order valence-corrected chi connectivity index (χ4v) is 5.62. The number of anilines is 1. The van der Waals surface area contributed by atoms with Crippen molar-refractivity contribution in [1.29, 1.82) is 0 Å². The van der Waals surface area contributed by atoms with Gasteiger partial charge in [0, 0.05) is 5.54 Å². The van der Waals surface area contributed by atoms with Gasteiger partial charge >= 0.3 is 6.03 Å². The fourth-order valence-electron chi connectivity index (χ4n) is 5.62. The Bertz CT molecular complexity index is 586. The zero-order valence-electron chi connectivity index (χ0n) is 14.4. The number of amides is 2. The molecule has 5 heteroatoms. The SMILES string of the molecule is COc1cccc(OC)c1NC(=O)NC12CC3CC(CC(C3)C1)C2. The fraction of sp³-hybridized carbons (Fsp3) is 0.632. The van der Waals surface area contributed by atoms with Crippen molar-refractivity contribution in [1.82, 2.24) is 5.32 Å². The van der Waals surface area contributed by atoms with Gasteiger partial charge in [0.05, 0.1) is 14.2 Å². The molecule has 0 radical (unpaired) electrons. The Kier molecular flexibility index (Phi) is 3.82. The van der Waals surface area contributed by atoms with Gasteiger partial charge < -0.3 is 20.1 Å². The lowest BCUT2D eigenvalue weighted by Gasteiger charge is -2.56. The van der Waals surface area contributed by atoms with Gasteiger partial charge in [0.2, 0.25) is 0 Å². The maximum absolute atomic E-state index is 12.7. The van der Waals surface area contributed by atoms with Crippen molar-refractivity contribution in [2.24, 2.45) is 17.8 Å². The molecular weight excluding hydrogens is 304 g/mol. The predicted molar refractivity (Wildman–Crippen MR) is 92.6 cm³/mol. The molecule has 4 bridgehead atoms. The van der Waals surface area contributed by atoms with Gasteiger partial charge in [-0.05, 0) is 68.4 Å². The minimum absolute atomic E-state index is 0.00587. The van der Waals surface area contributed by atoms with E-state index < -0.39 is 0 Å². The molecule has 4 fully saturated rings. The number of nitrogens with one attached hydrogen (secondary N) is 2. The highest BCUT2D eigenvalue weighted by atomic mass is 16.5. The number of hydrogen-bond acceptors (Lipinski definition) is 3. The maximum atomic E-state index is 12.7. The highest BCUT2D eigenvalue weighted by molar-refractivity contribution is 5.93. The summed E-state index contributed by atoms with van der Waals surface area (Å²) in [5, 5.41) is 6.27. The molecule has 130 valence electrons. The number of hydrogen-bond donors (Lipinski definition) is 2. The summed E-state index contributed by atoms with van der Waals surface area (Å²) in [6.45, 7) is 0. The molecule has 24 heavy (non-hydrogen) atoms. The molecule has 0 atom stereocenters. The minimum atomic E-state index is -0.153. The first-order valence-electron chi connectivity index (χ1n) is 8.91. The van der Waals surface area contributed by atoms with E-state index in [1.807, 2.05) is 18.2 Å². The molecule has 1 aromatic rings. The molecule has 5 nitrogen and oxygen atoms in total. The molecule has 0 aromatic heterocycles. The van der Waals surface area contributed by atoms with Crippen LogP contribution in [0.3, 0.4) is 0 Å². The molecule has 0 saturated heterocycles. The van der Waals surface area contributed by atoms with E-state index in [1.54, 1.807) is 14.2 Å². The number of carbonyl (C=O) groups excluding carboxylic acids is 1. The van der Waals surface area contributed by atoms with Gasteiger partial charge in [-0.1, -0.05) is 6.07 Å². The lowest BCUT2D eigenvalue weighted by molar-refractivity contribution is -0.0127. The summed E-state index contributed by atoms with van der Waals surface area (Å²) in [6, 6.07) is 5.34. The zero-order valence-corrected chi connectivity index (χ0v) is 14.4. The van der Waals surface area contributed by atoms with Crippen LogP contribution in [0.15, 0.2) is 18.2 Å². The second kappa shape index (κ2) is 5.87. The smallest absolute Gasteiger partial charge is 0.319 e. The molecular formula is C19H26N2O3. The third kappa shape index (κ3) is 2.70. The van der Waals surface area contributed by atoms with Crippen molar-refractivity contribution >= 4 is 11.7 Å². The quantitative estimate of drug-likeness (QED) is 0.883. The second-order valence-corrected chi connectivity index (χ2v) is 7.81. The maximum Gasteiger partial charge on any atom is 0.319 e. The van der Waals surface area contributed by atoms with E-state index in [4.69, 9.17) is 9.47 Å². The lowest BCUT2D eigenvalue weighted by atomic mass is 9.53. The van der Waals surface area contributed by atoms with Crippen LogP contribution in [0.4, 0.5) is 10.5 Å². The number of rotatable bonds is 4. The van der Waals surface area contributed by atoms with E-state index in [-0.39, 0.29) is 11.6 Å². The van der Waals surface area contributed by atoms with E-state index in [1.165, 1.54) is 19.3 Å². The highest BCUT2D eigenvalue weighted by Gasteiger charge is 2.51. The van der Waals surface area contributed by atoms with E-state index in [0.29, 0.717) is 17.2 Å². The van der Waals surface area contributed by atoms with Crippen molar-refractivity contribution in [2.75, 3.05) is 19.5 Å². The van der Waals surface area contributed by atoms with Gasteiger partial charge in [-0.25, -0.2) is 4.79 Å². The van der Waals surface area contributed by atoms with Crippen molar-refractivity contribution in [3.8, 4) is 11.5 Å². The summed E-state index contributed by atoms with van der Waals surface area (Å²) in [7, 11) is 3.19. The average molecular weight is 330 g/mol. The average Bonchev–Trinajstić information content (AvgIpc) is 2.53. The molecule has 0 heterocycles. The Morgan fingerprint density at radius 2 is 1.50 bits per heavy atom. The van der Waals surface area contributed by atoms with Crippen molar-refractivity contribution in [3.05, 3.63) is 18.2 Å². The Labute approximate surface area is 143 Å². The van der Waals surface area contributed by atoms with Crippen molar-refractivity contribution in [2.45, 2.75) is 44.1 Å². The van der Waals surface area contributed by atoms with Crippen LogP contribution in [0.5, 0.6) is 11.5 Å². The molecule has 4 saturated carbocycles. The van der Waals surface area contributed by atoms with Crippen LogP contribution in [0.2, 0.25) is 0 Å². The van der Waals surface area contributed by atoms with Crippen LogP contribution in [-0.2, 0) is 0 Å². The number of urea groups is 1. The molecule has 2 amide bonds. The normalized spacial score (nSPS) is 33.2. The number of carbonyl (C=O) groups is 1. The largest absolute Gasteiger partial charge is 0.494 e. The van der Waals surface area contributed by atoms with Gasteiger partial charge in [-0.2, -0.15) is 0 Å². The van der Waals surface area contributed by atoms with E-state index in [0.717, 1.165) is 37.0 Å². The van der Waals surface area contributed by atoms with Crippen molar-refractivity contribution < 1.29 is 14.3 Å². The molecule has 4 aliphatic carbocycles. The summed E-state index contributed by atoms with van der Waals surface area (Å²) >= 11 is 0. The van der Waals surface area contributed by atoms with E-state index in [2.05, 4.69) is 10.6 Å². The predicted octanol–water partition coefficient (Wildman–Crippen LogP) is 3.79. The first-order chi connectivity index (χ1) is 11.6.